The maximum atomic E-state index is 12.3. The molecule has 0 bridgehead atoms. The Morgan fingerprint density at radius 3 is 2.00 bits per heavy atom. The van der Waals surface area contributed by atoms with Crippen molar-refractivity contribution in [3.63, 3.8) is 0 Å². The molecular formula is C20H19NO5. The second-order valence-electron chi connectivity index (χ2n) is 5.97. The van der Waals surface area contributed by atoms with Gasteiger partial charge in [0, 0.05) is 18.7 Å². The van der Waals surface area contributed by atoms with Gasteiger partial charge < -0.3 is 14.4 Å². The van der Waals surface area contributed by atoms with Crippen LogP contribution in [0.3, 0.4) is 0 Å². The Kier molecular flexibility index (Phi) is 5.02. The molecule has 0 radical (unpaired) electrons. The van der Waals surface area contributed by atoms with Crippen molar-refractivity contribution in [2.24, 2.45) is 0 Å². The molecule has 1 saturated heterocycles. The molecule has 1 heterocycles. The Morgan fingerprint density at radius 2 is 1.46 bits per heavy atom. The number of hydrogen-bond acceptors (Lipinski definition) is 5. The Labute approximate surface area is 151 Å². The lowest BCUT2D eigenvalue weighted by molar-refractivity contribution is 0.0587. The van der Waals surface area contributed by atoms with Gasteiger partial charge in [-0.05, 0) is 47.9 Å². The predicted octanol–water partition coefficient (Wildman–Crippen LogP) is 2.77. The van der Waals surface area contributed by atoms with Crippen LogP contribution in [0, 0.1) is 0 Å². The lowest BCUT2D eigenvalue weighted by atomic mass is 9.96. The summed E-state index contributed by atoms with van der Waals surface area (Å²) in [5.41, 5.74) is 2.51. The standard InChI is InChI=1S/C20H19NO5/c1-25-19(23)15-8-9-16(20(24)26-2)17(12-15)13-4-6-14(7-5-13)18(22)21-10-3-11-21/h4-9,12H,3,10-11H2,1-2H3. The van der Waals surface area contributed by atoms with Crippen molar-refractivity contribution in [1.82, 2.24) is 4.90 Å². The van der Waals surface area contributed by atoms with E-state index >= 15 is 0 Å². The number of nitrogens with zero attached hydrogens (tertiary/aromatic N) is 1. The highest BCUT2D eigenvalue weighted by molar-refractivity contribution is 6.01. The van der Waals surface area contributed by atoms with Gasteiger partial charge in [-0.2, -0.15) is 0 Å². The number of carbonyl (C=O) groups is 3. The molecule has 26 heavy (non-hydrogen) atoms. The Bertz CT molecular complexity index is 853. The number of rotatable bonds is 4. The van der Waals surface area contributed by atoms with Crippen molar-refractivity contribution < 1.29 is 23.9 Å². The van der Waals surface area contributed by atoms with Gasteiger partial charge in [-0.1, -0.05) is 12.1 Å². The molecule has 6 heteroatoms. The van der Waals surface area contributed by atoms with Gasteiger partial charge in [0.15, 0.2) is 0 Å². The molecule has 0 saturated carbocycles. The molecule has 1 aliphatic rings. The van der Waals surface area contributed by atoms with Gasteiger partial charge in [0.2, 0.25) is 0 Å². The predicted molar refractivity (Wildman–Crippen MR) is 95.1 cm³/mol. The first-order chi connectivity index (χ1) is 12.5. The van der Waals surface area contributed by atoms with Gasteiger partial charge in [0.25, 0.3) is 5.91 Å². The van der Waals surface area contributed by atoms with Crippen molar-refractivity contribution in [3.8, 4) is 11.1 Å². The summed E-state index contributed by atoms with van der Waals surface area (Å²) >= 11 is 0. The molecule has 0 spiro atoms. The van der Waals surface area contributed by atoms with Crippen LogP contribution in [-0.4, -0.2) is 50.1 Å². The zero-order valence-corrected chi connectivity index (χ0v) is 14.7. The third-order valence-electron chi connectivity index (χ3n) is 4.43. The Balaban J connectivity index is 1.99. The second kappa shape index (κ2) is 7.39. The SMILES string of the molecule is COC(=O)c1ccc(C(=O)OC)c(-c2ccc(C(=O)N3CCC3)cc2)c1. The summed E-state index contributed by atoms with van der Waals surface area (Å²) in [6, 6.07) is 11.6. The molecule has 2 aromatic rings. The monoisotopic (exact) mass is 353 g/mol. The highest BCUT2D eigenvalue weighted by Gasteiger charge is 2.22. The first-order valence-corrected chi connectivity index (χ1v) is 8.25. The Hall–Kier alpha value is -3.15. The molecule has 134 valence electrons. The molecule has 3 rings (SSSR count). The van der Waals surface area contributed by atoms with Crippen LogP contribution in [0.1, 0.15) is 37.5 Å². The van der Waals surface area contributed by atoms with Crippen molar-refractivity contribution in [3.05, 3.63) is 59.2 Å². The largest absolute Gasteiger partial charge is 0.465 e. The lowest BCUT2D eigenvalue weighted by Gasteiger charge is -2.30. The van der Waals surface area contributed by atoms with Gasteiger partial charge >= 0.3 is 11.9 Å². The molecule has 0 N–H and O–H groups in total. The number of benzene rings is 2. The molecule has 0 unspecified atom stereocenters. The van der Waals surface area contributed by atoms with Crippen LogP contribution in [0.5, 0.6) is 0 Å². The van der Waals surface area contributed by atoms with Crippen LogP contribution < -0.4 is 0 Å². The average molecular weight is 353 g/mol. The summed E-state index contributed by atoms with van der Waals surface area (Å²) in [6.45, 7) is 1.57. The van der Waals surface area contributed by atoms with Gasteiger partial charge in [-0.25, -0.2) is 9.59 Å². The van der Waals surface area contributed by atoms with Crippen molar-refractivity contribution in [1.29, 1.82) is 0 Å². The van der Waals surface area contributed by atoms with Gasteiger partial charge in [0.05, 0.1) is 25.3 Å². The van der Waals surface area contributed by atoms with E-state index in [0.717, 1.165) is 19.5 Å². The van der Waals surface area contributed by atoms with Crippen LogP contribution in [0.4, 0.5) is 0 Å². The van der Waals surface area contributed by atoms with E-state index in [2.05, 4.69) is 0 Å². The second-order valence-corrected chi connectivity index (χ2v) is 5.97. The molecule has 0 aromatic heterocycles. The molecule has 1 aliphatic heterocycles. The van der Waals surface area contributed by atoms with Crippen LogP contribution in [0.15, 0.2) is 42.5 Å². The smallest absolute Gasteiger partial charge is 0.338 e. The molecule has 2 aromatic carbocycles. The first-order valence-electron chi connectivity index (χ1n) is 8.25. The van der Waals surface area contributed by atoms with E-state index in [4.69, 9.17) is 9.47 Å². The number of likely N-dealkylation sites (tertiary alicyclic amines) is 1. The van der Waals surface area contributed by atoms with Gasteiger partial charge in [-0.3, -0.25) is 4.79 Å². The van der Waals surface area contributed by atoms with Crippen molar-refractivity contribution >= 4 is 17.8 Å². The summed E-state index contributed by atoms with van der Waals surface area (Å²) in [5, 5.41) is 0. The quantitative estimate of drug-likeness (QED) is 0.790. The summed E-state index contributed by atoms with van der Waals surface area (Å²) in [4.78, 5) is 37.9. The Morgan fingerprint density at radius 1 is 0.846 bits per heavy atom. The fraction of sp³-hybridized carbons (Fsp3) is 0.250. The first kappa shape index (κ1) is 17.7. The highest BCUT2D eigenvalue weighted by Crippen LogP contribution is 2.27. The number of hydrogen-bond donors (Lipinski definition) is 0. The molecular weight excluding hydrogens is 334 g/mol. The van der Waals surface area contributed by atoms with E-state index in [1.165, 1.54) is 26.4 Å². The van der Waals surface area contributed by atoms with Crippen molar-refractivity contribution in [2.45, 2.75) is 6.42 Å². The van der Waals surface area contributed by atoms with E-state index in [1.54, 1.807) is 35.2 Å². The minimum atomic E-state index is -0.503. The van der Waals surface area contributed by atoms with Crippen LogP contribution in [0.2, 0.25) is 0 Å². The minimum absolute atomic E-state index is 0.000646. The zero-order chi connectivity index (χ0) is 18.7. The highest BCUT2D eigenvalue weighted by atomic mass is 16.5. The minimum Gasteiger partial charge on any atom is -0.465 e. The van der Waals surface area contributed by atoms with Gasteiger partial charge in [-0.15, -0.1) is 0 Å². The summed E-state index contributed by atoms with van der Waals surface area (Å²) in [7, 11) is 2.60. The third-order valence-corrected chi connectivity index (χ3v) is 4.43. The molecule has 1 fully saturated rings. The average Bonchev–Trinajstić information content (AvgIpc) is 2.65. The van der Waals surface area contributed by atoms with E-state index in [-0.39, 0.29) is 5.91 Å². The number of amides is 1. The molecule has 6 nitrogen and oxygen atoms in total. The summed E-state index contributed by atoms with van der Waals surface area (Å²) in [6.07, 6.45) is 1.03. The normalized spacial score (nSPS) is 12.9. The van der Waals surface area contributed by atoms with Gasteiger partial charge in [0.1, 0.15) is 0 Å². The molecule has 0 aliphatic carbocycles. The van der Waals surface area contributed by atoms with E-state index in [1.807, 2.05) is 0 Å². The fourth-order valence-electron chi connectivity index (χ4n) is 2.81. The van der Waals surface area contributed by atoms with Crippen LogP contribution in [0.25, 0.3) is 11.1 Å². The topological polar surface area (TPSA) is 72.9 Å². The number of carbonyl (C=O) groups excluding carboxylic acids is 3. The molecule has 0 atom stereocenters. The lowest BCUT2D eigenvalue weighted by Crippen LogP contribution is -2.41. The third kappa shape index (κ3) is 3.31. The van der Waals surface area contributed by atoms with E-state index in [9.17, 15) is 14.4 Å². The summed E-state index contributed by atoms with van der Waals surface area (Å²) in [5.74, 6) is -0.997. The van der Waals surface area contributed by atoms with E-state index in [0.29, 0.717) is 27.8 Å². The number of ether oxygens (including phenoxy) is 2. The van der Waals surface area contributed by atoms with Crippen LogP contribution in [-0.2, 0) is 9.47 Å². The number of methoxy groups -OCH3 is 2. The van der Waals surface area contributed by atoms with Crippen LogP contribution >= 0.6 is 0 Å². The maximum absolute atomic E-state index is 12.3. The summed E-state index contributed by atoms with van der Waals surface area (Å²) < 4.78 is 9.57. The maximum Gasteiger partial charge on any atom is 0.338 e. The number of esters is 2. The van der Waals surface area contributed by atoms with Crippen molar-refractivity contribution in [2.75, 3.05) is 27.3 Å². The molecule has 1 amide bonds. The van der Waals surface area contributed by atoms with E-state index < -0.39 is 11.9 Å². The zero-order valence-electron chi connectivity index (χ0n) is 14.7. The fourth-order valence-corrected chi connectivity index (χ4v) is 2.81.